The van der Waals surface area contributed by atoms with Gasteiger partial charge in [0.25, 0.3) is 0 Å². The van der Waals surface area contributed by atoms with E-state index >= 15 is 0 Å². The van der Waals surface area contributed by atoms with Crippen molar-refractivity contribution >= 4 is 7.82 Å². The minimum atomic E-state index is -4.30. The summed E-state index contributed by atoms with van der Waals surface area (Å²) < 4.78 is 14.4. The molecule has 0 bridgehead atoms. The van der Waals surface area contributed by atoms with Crippen LogP contribution >= 0.6 is 7.82 Å². The Hall–Kier alpha value is 0.0700. The van der Waals surface area contributed by atoms with Gasteiger partial charge < -0.3 is 9.79 Å². The van der Waals surface area contributed by atoms with Crippen LogP contribution in [0.2, 0.25) is 0 Å². The molecular formula is C5H14NO4P. The van der Waals surface area contributed by atoms with Gasteiger partial charge in [-0.25, -0.2) is 4.57 Å². The van der Waals surface area contributed by atoms with E-state index in [1.54, 1.807) is 11.9 Å². The van der Waals surface area contributed by atoms with Crippen LogP contribution in [0.5, 0.6) is 0 Å². The van der Waals surface area contributed by atoms with Crippen LogP contribution in [0.3, 0.4) is 0 Å². The largest absolute Gasteiger partial charge is 0.470 e. The van der Waals surface area contributed by atoms with Gasteiger partial charge in [0.1, 0.15) is 6.73 Å². The van der Waals surface area contributed by atoms with E-state index in [0.29, 0.717) is 0 Å². The normalized spacial score (nSPS) is 13.0. The lowest BCUT2D eigenvalue weighted by Gasteiger charge is -2.20. The Morgan fingerprint density at radius 1 is 1.55 bits per heavy atom. The van der Waals surface area contributed by atoms with Crippen LogP contribution in [0.1, 0.15) is 13.8 Å². The summed E-state index contributed by atoms with van der Waals surface area (Å²) in [6.07, 6.45) is 0. The molecule has 0 aromatic heterocycles. The third-order valence-corrected chi connectivity index (χ3v) is 1.76. The molecule has 2 N–H and O–H groups in total. The lowest BCUT2D eigenvalue weighted by atomic mass is 10.4. The van der Waals surface area contributed by atoms with Gasteiger partial charge in [-0.15, -0.1) is 0 Å². The molecule has 11 heavy (non-hydrogen) atoms. The Labute approximate surface area is 66.2 Å². The molecule has 6 heteroatoms. The zero-order valence-corrected chi connectivity index (χ0v) is 7.78. The SMILES string of the molecule is CC(C)N(C)COP(=O)(O)O. The summed E-state index contributed by atoms with van der Waals surface area (Å²) in [6.45, 7) is 3.76. The molecular weight excluding hydrogens is 169 g/mol. The molecule has 68 valence electrons. The third-order valence-electron chi connectivity index (χ3n) is 1.31. The zero-order valence-electron chi connectivity index (χ0n) is 6.89. The molecule has 0 fully saturated rings. The van der Waals surface area contributed by atoms with E-state index in [2.05, 4.69) is 4.52 Å². The highest BCUT2D eigenvalue weighted by Gasteiger charge is 2.15. The summed E-state index contributed by atoms with van der Waals surface area (Å²) in [4.78, 5) is 18.3. The molecule has 0 rings (SSSR count). The molecule has 0 aliphatic rings. The fourth-order valence-electron chi connectivity index (χ4n) is 0.315. The number of phosphoric acid groups is 1. The first-order chi connectivity index (χ1) is 4.83. The van der Waals surface area contributed by atoms with Crippen LogP contribution in [0.4, 0.5) is 0 Å². The van der Waals surface area contributed by atoms with Crippen molar-refractivity contribution in [2.45, 2.75) is 19.9 Å². The molecule has 0 aromatic carbocycles. The summed E-state index contributed by atoms with van der Waals surface area (Å²) in [5.74, 6) is 0. The van der Waals surface area contributed by atoms with Crippen molar-refractivity contribution in [1.29, 1.82) is 0 Å². The van der Waals surface area contributed by atoms with Gasteiger partial charge in [0.05, 0.1) is 0 Å². The molecule has 0 aromatic rings. The van der Waals surface area contributed by atoms with Gasteiger partial charge in [0, 0.05) is 6.04 Å². The molecule has 0 radical (unpaired) electrons. The van der Waals surface area contributed by atoms with E-state index in [4.69, 9.17) is 9.79 Å². The van der Waals surface area contributed by atoms with E-state index in [9.17, 15) is 4.57 Å². The van der Waals surface area contributed by atoms with Gasteiger partial charge in [-0.3, -0.25) is 9.42 Å². The number of hydrogen-bond acceptors (Lipinski definition) is 3. The number of rotatable bonds is 4. The molecule has 0 aliphatic heterocycles. The molecule has 0 heterocycles. The van der Waals surface area contributed by atoms with Crippen molar-refractivity contribution in [2.24, 2.45) is 0 Å². The van der Waals surface area contributed by atoms with E-state index < -0.39 is 7.82 Å². The van der Waals surface area contributed by atoms with Crippen molar-refractivity contribution in [3.63, 3.8) is 0 Å². The molecule has 0 aliphatic carbocycles. The monoisotopic (exact) mass is 183 g/mol. The average Bonchev–Trinajstić information content (AvgIpc) is 1.80. The second-order valence-electron chi connectivity index (χ2n) is 2.60. The standard InChI is InChI=1S/C5H14NO4P/c1-5(2)6(3)4-10-11(7,8)9/h5H,4H2,1-3H3,(H2,7,8,9). The maximum Gasteiger partial charge on any atom is 0.470 e. The van der Waals surface area contributed by atoms with E-state index in [1.807, 2.05) is 13.8 Å². The highest BCUT2D eigenvalue weighted by Crippen LogP contribution is 2.35. The lowest BCUT2D eigenvalue weighted by Crippen LogP contribution is -2.28. The van der Waals surface area contributed by atoms with Crippen LogP contribution < -0.4 is 0 Å². The van der Waals surface area contributed by atoms with Crippen molar-refractivity contribution < 1.29 is 18.9 Å². The number of hydrogen-bond donors (Lipinski definition) is 2. The topological polar surface area (TPSA) is 70.0 Å². The van der Waals surface area contributed by atoms with Crippen molar-refractivity contribution in [3.8, 4) is 0 Å². The lowest BCUT2D eigenvalue weighted by molar-refractivity contribution is 0.0907. The number of nitrogens with zero attached hydrogens (tertiary/aromatic N) is 1. The smallest absolute Gasteiger partial charge is 0.303 e. The maximum atomic E-state index is 10.2. The Morgan fingerprint density at radius 3 is 2.27 bits per heavy atom. The van der Waals surface area contributed by atoms with Gasteiger partial charge in [0.15, 0.2) is 0 Å². The first-order valence-corrected chi connectivity index (χ1v) is 4.76. The summed E-state index contributed by atoms with van der Waals surface area (Å²) >= 11 is 0. The Morgan fingerprint density at radius 2 is 2.00 bits per heavy atom. The Kier molecular flexibility index (Phi) is 4.21. The molecule has 0 spiro atoms. The summed E-state index contributed by atoms with van der Waals surface area (Å²) in [5.41, 5.74) is 0. The minimum Gasteiger partial charge on any atom is -0.303 e. The first kappa shape index (κ1) is 11.1. The van der Waals surface area contributed by atoms with Crippen molar-refractivity contribution in [1.82, 2.24) is 4.90 Å². The summed E-state index contributed by atoms with van der Waals surface area (Å²) in [7, 11) is -2.58. The van der Waals surface area contributed by atoms with Crippen LogP contribution in [0.15, 0.2) is 0 Å². The predicted molar refractivity (Wildman–Crippen MR) is 40.9 cm³/mol. The fourth-order valence-corrected chi connectivity index (χ4v) is 0.648. The minimum absolute atomic E-state index is 0.0536. The Balaban J connectivity index is 3.63. The third kappa shape index (κ3) is 6.47. The van der Waals surface area contributed by atoms with Gasteiger partial charge in [-0.1, -0.05) is 0 Å². The van der Waals surface area contributed by atoms with Gasteiger partial charge in [-0.2, -0.15) is 0 Å². The molecule has 0 unspecified atom stereocenters. The number of phosphoric ester groups is 1. The van der Waals surface area contributed by atoms with Crippen molar-refractivity contribution in [2.75, 3.05) is 13.8 Å². The predicted octanol–water partition coefficient (Wildman–Crippen LogP) is 0.393. The van der Waals surface area contributed by atoms with Crippen LogP contribution in [-0.2, 0) is 9.09 Å². The molecule has 0 atom stereocenters. The maximum absolute atomic E-state index is 10.2. The molecule has 0 saturated heterocycles. The van der Waals surface area contributed by atoms with Gasteiger partial charge in [-0.05, 0) is 20.9 Å². The molecule has 0 amide bonds. The van der Waals surface area contributed by atoms with E-state index in [0.717, 1.165) is 0 Å². The highest BCUT2D eigenvalue weighted by molar-refractivity contribution is 7.46. The quantitative estimate of drug-likeness (QED) is 0.487. The van der Waals surface area contributed by atoms with Crippen LogP contribution in [0, 0.1) is 0 Å². The average molecular weight is 183 g/mol. The van der Waals surface area contributed by atoms with E-state index in [1.165, 1.54) is 0 Å². The Bertz CT molecular complexity index is 155. The fraction of sp³-hybridized carbons (Fsp3) is 1.00. The molecule has 0 saturated carbocycles. The van der Waals surface area contributed by atoms with Crippen LogP contribution in [-0.4, -0.2) is 34.5 Å². The van der Waals surface area contributed by atoms with Crippen LogP contribution in [0.25, 0.3) is 0 Å². The second kappa shape index (κ2) is 4.18. The van der Waals surface area contributed by atoms with Gasteiger partial charge >= 0.3 is 7.82 Å². The van der Waals surface area contributed by atoms with E-state index in [-0.39, 0.29) is 12.8 Å². The second-order valence-corrected chi connectivity index (χ2v) is 3.84. The first-order valence-electron chi connectivity index (χ1n) is 3.23. The molecule has 5 nitrogen and oxygen atoms in total. The summed E-state index contributed by atoms with van der Waals surface area (Å²) in [5, 5.41) is 0. The van der Waals surface area contributed by atoms with Gasteiger partial charge in [0.2, 0.25) is 0 Å². The van der Waals surface area contributed by atoms with Crippen molar-refractivity contribution in [3.05, 3.63) is 0 Å². The highest BCUT2D eigenvalue weighted by atomic mass is 31.2. The zero-order chi connectivity index (χ0) is 9.07. The summed E-state index contributed by atoms with van der Waals surface area (Å²) in [6, 6.07) is 0.210.